The molecule has 2 N–H and O–H groups in total. The molecule has 10 heteroatoms. The highest BCUT2D eigenvalue weighted by molar-refractivity contribution is 7.93. The SMILES string of the molecule is Cc1cccc2sc(NC(=O)CCc3csc(NS(=O)(=O)c4ccccc4)n3)nc12. The second-order valence-electron chi connectivity index (χ2n) is 6.55. The fraction of sp³-hybridized carbons (Fsp3) is 0.150. The molecule has 2 aromatic carbocycles. The van der Waals surface area contributed by atoms with Crippen molar-refractivity contribution in [1.82, 2.24) is 9.97 Å². The summed E-state index contributed by atoms with van der Waals surface area (Å²) in [5, 5.41) is 5.42. The molecule has 0 atom stereocenters. The number of anilines is 2. The number of hydrogen-bond donors (Lipinski definition) is 2. The number of sulfonamides is 1. The van der Waals surface area contributed by atoms with Crippen molar-refractivity contribution in [2.45, 2.75) is 24.7 Å². The molecule has 0 fully saturated rings. The van der Waals surface area contributed by atoms with Crippen molar-refractivity contribution in [3.63, 3.8) is 0 Å². The average Bonchev–Trinajstić information content (AvgIpc) is 3.34. The van der Waals surface area contributed by atoms with E-state index in [-0.39, 0.29) is 22.4 Å². The quantitative estimate of drug-likeness (QED) is 0.427. The molecule has 0 spiro atoms. The first kappa shape index (κ1) is 20.5. The van der Waals surface area contributed by atoms with E-state index in [2.05, 4.69) is 20.0 Å². The van der Waals surface area contributed by atoms with Crippen molar-refractivity contribution in [1.29, 1.82) is 0 Å². The number of aryl methyl sites for hydroxylation is 2. The second kappa shape index (κ2) is 8.50. The van der Waals surface area contributed by atoms with Crippen molar-refractivity contribution >= 4 is 59.1 Å². The standard InChI is InChI=1S/C20H18N4O3S3/c1-13-6-5-9-16-18(13)23-19(29-16)22-17(25)11-10-14-12-28-20(21-14)24-30(26,27)15-7-3-2-4-8-15/h2-9,12H,10-11H2,1H3,(H,21,24)(H,22,23,25). The monoisotopic (exact) mass is 458 g/mol. The Bertz CT molecular complexity index is 1300. The Hall–Kier alpha value is -2.82. The third-order valence-electron chi connectivity index (χ3n) is 4.30. The summed E-state index contributed by atoms with van der Waals surface area (Å²) in [4.78, 5) is 21.2. The zero-order chi connectivity index (χ0) is 21.1. The number of para-hydroxylation sites is 1. The van der Waals surface area contributed by atoms with E-state index in [4.69, 9.17) is 0 Å². The predicted molar refractivity (Wildman–Crippen MR) is 121 cm³/mol. The van der Waals surface area contributed by atoms with Crippen LogP contribution in [0.1, 0.15) is 17.7 Å². The smallest absolute Gasteiger partial charge is 0.263 e. The summed E-state index contributed by atoms with van der Waals surface area (Å²) in [6.07, 6.45) is 0.628. The van der Waals surface area contributed by atoms with E-state index in [9.17, 15) is 13.2 Å². The van der Waals surface area contributed by atoms with E-state index in [0.29, 0.717) is 17.2 Å². The maximum absolute atomic E-state index is 12.4. The topological polar surface area (TPSA) is 101 Å². The fourth-order valence-corrected chi connectivity index (χ4v) is 5.78. The first-order valence-electron chi connectivity index (χ1n) is 9.09. The Morgan fingerprint density at radius 2 is 1.83 bits per heavy atom. The molecule has 0 unspecified atom stereocenters. The minimum atomic E-state index is -3.68. The van der Waals surface area contributed by atoms with Crippen LogP contribution in [0.15, 0.2) is 58.8 Å². The maximum Gasteiger partial charge on any atom is 0.263 e. The van der Waals surface area contributed by atoms with Crippen LogP contribution in [0.3, 0.4) is 0 Å². The molecular formula is C20H18N4O3S3. The molecule has 0 aliphatic heterocycles. The van der Waals surface area contributed by atoms with Gasteiger partial charge in [0.2, 0.25) is 5.91 Å². The molecule has 0 aliphatic rings. The summed E-state index contributed by atoms with van der Waals surface area (Å²) in [6.45, 7) is 1.99. The molecule has 154 valence electrons. The van der Waals surface area contributed by atoms with Crippen LogP contribution in [0.4, 0.5) is 10.3 Å². The number of nitrogens with one attached hydrogen (secondary N) is 2. The third kappa shape index (κ3) is 4.66. The van der Waals surface area contributed by atoms with Crippen LogP contribution in [0.5, 0.6) is 0 Å². The molecule has 0 radical (unpaired) electrons. The molecular weight excluding hydrogens is 440 g/mol. The van der Waals surface area contributed by atoms with Gasteiger partial charge in [-0.2, -0.15) is 0 Å². The number of fused-ring (bicyclic) bond motifs is 1. The van der Waals surface area contributed by atoms with Crippen molar-refractivity contribution in [3.05, 3.63) is 65.2 Å². The van der Waals surface area contributed by atoms with Crippen LogP contribution in [-0.4, -0.2) is 24.3 Å². The number of hydrogen-bond acceptors (Lipinski definition) is 7. The van der Waals surface area contributed by atoms with Gasteiger partial charge in [-0.3, -0.25) is 9.52 Å². The van der Waals surface area contributed by atoms with Gasteiger partial charge in [-0.1, -0.05) is 41.7 Å². The molecule has 1 amide bonds. The number of benzene rings is 2. The van der Waals surface area contributed by atoms with E-state index in [1.807, 2.05) is 25.1 Å². The van der Waals surface area contributed by atoms with Gasteiger partial charge >= 0.3 is 0 Å². The number of amides is 1. The molecule has 7 nitrogen and oxygen atoms in total. The summed E-state index contributed by atoms with van der Waals surface area (Å²) in [5.74, 6) is -0.161. The molecule has 2 heterocycles. The zero-order valence-corrected chi connectivity index (χ0v) is 18.4. The van der Waals surface area contributed by atoms with Crippen molar-refractivity contribution in [3.8, 4) is 0 Å². The predicted octanol–water partition coefficient (Wildman–Crippen LogP) is 4.43. The lowest BCUT2D eigenvalue weighted by atomic mass is 10.2. The molecule has 0 saturated carbocycles. The lowest BCUT2D eigenvalue weighted by molar-refractivity contribution is -0.116. The van der Waals surface area contributed by atoms with E-state index in [0.717, 1.165) is 15.8 Å². The first-order chi connectivity index (χ1) is 14.4. The number of rotatable bonds is 7. The molecule has 4 rings (SSSR count). The Morgan fingerprint density at radius 1 is 1.03 bits per heavy atom. The van der Waals surface area contributed by atoms with Crippen LogP contribution in [0, 0.1) is 6.92 Å². The van der Waals surface area contributed by atoms with Crippen LogP contribution in [0.2, 0.25) is 0 Å². The highest BCUT2D eigenvalue weighted by atomic mass is 32.2. The highest BCUT2D eigenvalue weighted by Gasteiger charge is 2.16. The van der Waals surface area contributed by atoms with Crippen LogP contribution in [0.25, 0.3) is 10.2 Å². The number of carbonyl (C=O) groups is 1. The number of nitrogens with zero attached hydrogens (tertiary/aromatic N) is 2. The third-order valence-corrected chi connectivity index (χ3v) is 7.53. The van der Waals surface area contributed by atoms with Gasteiger partial charge in [-0.15, -0.1) is 11.3 Å². The van der Waals surface area contributed by atoms with Gasteiger partial charge in [0, 0.05) is 11.8 Å². The Morgan fingerprint density at radius 3 is 2.60 bits per heavy atom. The Balaban J connectivity index is 1.34. The summed E-state index contributed by atoms with van der Waals surface area (Å²) < 4.78 is 28.2. The average molecular weight is 459 g/mol. The number of thiazole rings is 2. The molecule has 0 aliphatic carbocycles. The molecule has 30 heavy (non-hydrogen) atoms. The first-order valence-corrected chi connectivity index (χ1v) is 12.3. The molecule has 2 aromatic heterocycles. The maximum atomic E-state index is 12.4. The summed E-state index contributed by atoms with van der Waals surface area (Å²) in [5.41, 5.74) is 2.62. The molecule has 4 aromatic rings. The van der Waals surface area contributed by atoms with Gasteiger partial charge in [0.15, 0.2) is 10.3 Å². The van der Waals surface area contributed by atoms with Gasteiger partial charge in [-0.25, -0.2) is 18.4 Å². The summed E-state index contributed by atoms with van der Waals surface area (Å²) in [7, 11) is -3.68. The fourth-order valence-electron chi connectivity index (χ4n) is 2.81. The van der Waals surface area contributed by atoms with Gasteiger partial charge in [0.25, 0.3) is 10.0 Å². The van der Waals surface area contributed by atoms with Gasteiger partial charge in [-0.05, 0) is 37.1 Å². The van der Waals surface area contributed by atoms with E-state index >= 15 is 0 Å². The lowest BCUT2D eigenvalue weighted by Crippen LogP contribution is -2.13. The molecule has 0 bridgehead atoms. The lowest BCUT2D eigenvalue weighted by Gasteiger charge is -2.04. The van der Waals surface area contributed by atoms with Gasteiger partial charge < -0.3 is 5.32 Å². The second-order valence-corrected chi connectivity index (χ2v) is 10.1. The van der Waals surface area contributed by atoms with Crippen molar-refractivity contribution < 1.29 is 13.2 Å². The largest absolute Gasteiger partial charge is 0.302 e. The van der Waals surface area contributed by atoms with Gasteiger partial charge in [0.1, 0.15) is 0 Å². The zero-order valence-electron chi connectivity index (χ0n) is 16.0. The number of carbonyl (C=O) groups excluding carboxylic acids is 1. The highest BCUT2D eigenvalue weighted by Crippen LogP contribution is 2.28. The molecule has 0 saturated heterocycles. The van der Waals surface area contributed by atoms with Crippen molar-refractivity contribution in [2.75, 3.05) is 10.0 Å². The van der Waals surface area contributed by atoms with Crippen LogP contribution in [-0.2, 0) is 21.2 Å². The Labute approximate surface area is 181 Å². The van der Waals surface area contributed by atoms with Crippen molar-refractivity contribution in [2.24, 2.45) is 0 Å². The van der Waals surface area contributed by atoms with E-state index in [1.54, 1.807) is 23.6 Å². The van der Waals surface area contributed by atoms with Crippen LogP contribution < -0.4 is 10.0 Å². The minimum absolute atomic E-state index is 0.161. The summed E-state index contributed by atoms with van der Waals surface area (Å²) in [6, 6.07) is 14.0. The summed E-state index contributed by atoms with van der Waals surface area (Å²) >= 11 is 2.62. The van der Waals surface area contributed by atoms with E-state index in [1.165, 1.54) is 34.8 Å². The van der Waals surface area contributed by atoms with Gasteiger partial charge in [0.05, 0.1) is 20.8 Å². The number of aromatic nitrogens is 2. The normalized spacial score (nSPS) is 11.5. The Kier molecular flexibility index (Phi) is 5.80. The van der Waals surface area contributed by atoms with E-state index < -0.39 is 10.0 Å². The van der Waals surface area contributed by atoms with Crippen LogP contribution >= 0.6 is 22.7 Å². The minimum Gasteiger partial charge on any atom is -0.302 e.